The van der Waals surface area contributed by atoms with Crippen LogP contribution in [0.5, 0.6) is 0 Å². The molecule has 0 bridgehead atoms. The van der Waals surface area contributed by atoms with Gasteiger partial charge in [0.1, 0.15) is 24.3 Å². The Bertz CT molecular complexity index is 670. The number of nitrogens with two attached hydrogens (primary N) is 2. The molecule has 0 amide bonds. The summed E-state index contributed by atoms with van der Waals surface area (Å²) in [5.41, 5.74) is 11.5. The van der Waals surface area contributed by atoms with Crippen molar-refractivity contribution in [2.75, 3.05) is 6.61 Å². The minimum atomic E-state index is -0.748. The molecule has 0 saturated heterocycles. The smallest absolute Gasteiger partial charge is 0.323 e. The number of hydrogen-bond acceptors (Lipinski definition) is 8. The number of ether oxygens (including phenoxy) is 3. The lowest BCUT2D eigenvalue weighted by atomic mass is 9.99. The summed E-state index contributed by atoms with van der Waals surface area (Å²) >= 11 is 0. The molecular weight excluding hydrogens is 532 g/mol. The van der Waals surface area contributed by atoms with E-state index in [1.807, 2.05) is 0 Å². The number of esters is 3. The summed E-state index contributed by atoms with van der Waals surface area (Å²) < 4.78 is 16.9. The second-order valence-electron chi connectivity index (χ2n) is 12.1. The maximum absolute atomic E-state index is 12.4. The highest BCUT2D eigenvalue weighted by Crippen LogP contribution is 2.21. The van der Waals surface area contributed by atoms with E-state index < -0.39 is 36.2 Å². The zero-order chi connectivity index (χ0) is 31.4. The van der Waals surface area contributed by atoms with Gasteiger partial charge in [0.25, 0.3) is 0 Å². The first-order valence-corrected chi connectivity index (χ1v) is 17.3. The van der Waals surface area contributed by atoms with Crippen molar-refractivity contribution >= 4 is 17.9 Å². The molecule has 8 heteroatoms. The van der Waals surface area contributed by atoms with Crippen molar-refractivity contribution in [3.63, 3.8) is 0 Å². The maximum Gasteiger partial charge on any atom is 0.323 e. The lowest BCUT2D eigenvalue weighted by molar-refractivity contribution is -0.170. The van der Waals surface area contributed by atoms with Gasteiger partial charge in [-0.2, -0.15) is 0 Å². The predicted molar refractivity (Wildman–Crippen MR) is 171 cm³/mol. The Kier molecular flexibility index (Phi) is 27.0. The van der Waals surface area contributed by atoms with Crippen molar-refractivity contribution in [3.8, 4) is 0 Å². The van der Waals surface area contributed by atoms with Crippen molar-refractivity contribution in [2.24, 2.45) is 11.5 Å². The Morgan fingerprint density at radius 2 is 0.881 bits per heavy atom. The van der Waals surface area contributed by atoms with E-state index in [-0.39, 0.29) is 5.97 Å². The van der Waals surface area contributed by atoms with Crippen LogP contribution in [0.2, 0.25) is 0 Å². The highest BCUT2D eigenvalue weighted by atomic mass is 16.6. The molecule has 0 aromatic heterocycles. The lowest BCUT2D eigenvalue weighted by Gasteiger charge is -2.28. The van der Waals surface area contributed by atoms with Crippen LogP contribution in [-0.2, 0) is 28.6 Å². The first-order chi connectivity index (χ1) is 20.2. The van der Waals surface area contributed by atoms with Gasteiger partial charge in [0.05, 0.1) is 6.61 Å². The summed E-state index contributed by atoms with van der Waals surface area (Å²) in [6.07, 6.45) is 21.6. The van der Waals surface area contributed by atoms with E-state index >= 15 is 0 Å². The van der Waals surface area contributed by atoms with Crippen LogP contribution in [-0.4, -0.2) is 48.8 Å². The predicted octanol–water partition coefficient (Wildman–Crippen LogP) is 7.67. The third-order valence-electron chi connectivity index (χ3n) is 7.67. The van der Waals surface area contributed by atoms with Gasteiger partial charge in [0, 0.05) is 6.42 Å². The van der Waals surface area contributed by atoms with E-state index in [4.69, 9.17) is 25.7 Å². The van der Waals surface area contributed by atoms with Crippen molar-refractivity contribution in [1.29, 1.82) is 0 Å². The van der Waals surface area contributed by atoms with Crippen LogP contribution in [0.25, 0.3) is 0 Å². The number of unbranched alkanes of at least 4 members (excludes halogenated alkanes) is 16. The van der Waals surface area contributed by atoms with Gasteiger partial charge in [-0.05, 0) is 52.4 Å². The van der Waals surface area contributed by atoms with Gasteiger partial charge in [-0.1, -0.05) is 110 Å². The molecule has 0 aliphatic rings. The first-order valence-electron chi connectivity index (χ1n) is 17.3. The molecule has 0 aromatic carbocycles. The Balaban J connectivity index is 4.45. The van der Waals surface area contributed by atoms with Crippen LogP contribution in [0.4, 0.5) is 0 Å². The van der Waals surface area contributed by atoms with Crippen LogP contribution in [0.3, 0.4) is 0 Å². The summed E-state index contributed by atoms with van der Waals surface area (Å²) in [4.78, 5) is 36.8. The van der Waals surface area contributed by atoms with Gasteiger partial charge >= 0.3 is 17.9 Å². The van der Waals surface area contributed by atoms with Gasteiger partial charge in [0.2, 0.25) is 0 Å². The molecule has 0 aliphatic carbocycles. The molecule has 0 saturated carbocycles. The molecule has 2 unspecified atom stereocenters. The SMILES string of the molecule is CCCCCCCCCCOC(=O)CCCCCCCC(OC(=O)[C@@H](C)N)C(CCCCCCCC)OC(=O)[C@@H](C)N. The van der Waals surface area contributed by atoms with Gasteiger partial charge in [-0.15, -0.1) is 0 Å². The third-order valence-corrected chi connectivity index (χ3v) is 7.67. The van der Waals surface area contributed by atoms with Crippen LogP contribution in [0, 0.1) is 0 Å². The quantitative estimate of drug-likeness (QED) is 0.0509. The molecule has 8 nitrogen and oxygen atoms in total. The monoisotopic (exact) mass is 598 g/mol. The fourth-order valence-corrected chi connectivity index (χ4v) is 4.92. The number of rotatable bonds is 29. The minimum Gasteiger partial charge on any atom is -0.466 e. The van der Waals surface area contributed by atoms with Crippen molar-refractivity contribution in [1.82, 2.24) is 0 Å². The molecule has 248 valence electrons. The molecule has 4 atom stereocenters. The van der Waals surface area contributed by atoms with Crippen LogP contribution < -0.4 is 11.5 Å². The van der Waals surface area contributed by atoms with Crippen LogP contribution in [0.1, 0.15) is 169 Å². The van der Waals surface area contributed by atoms with E-state index in [0.29, 0.717) is 25.9 Å². The average Bonchev–Trinajstić information content (AvgIpc) is 2.95. The van der Waals surface area contributed by atoms with Crippen LogP contribution in [0.15, 0.2) is 0 Å². The Labute approximate surface area is 257 Å². The molecule has 0 aliphatic heterocycles. The van der Waals surface area contributed by atoms with E-state index in [2.05, 4.69) is 13.8 Å². The Hall–Kier alpha value is -1.67. The van der Waals surface area contributed by atoms with Crippen LogP contribution >= 0.6 is 0 Å². The largest absolute Gasteiger partial charge is 0.466 e. The molecule has 0 spiro atoms. The number of hydrogen-bond donors (Lipinski definition) is 2. The average molecular weight is 599 g/mol. The van der Waals surface area contributed by atoms with Crippen molar-refractivity contribution in [2.45, 2.75) is 193 Å². The molecule has 42 heavy (non-hydrogen) atoms. The molecule has 0 aromatic rings. The number of carbonyl (C=O) groups is 3. The summed E-state index contributed by atoms with van der Waals surface area (Å²) in [5, 5.41) is 0. The molecule has 0 radical (unpaired) electrons. The van der Waals surface area contributed by atoms with Gasteiger partial charge in [-0.3, -0.25) is 14.4 Å². The fourth-order valence-electron chi connectivity index (χ4n) is 4.92. The summed E-state index contributed by atoms with van der Waals surface area (Å²) in [7, 11) is 0. The standard InChI is InChI=1S/C34H66N2O6/c1-5-7-9-11-13-14-19-23-27-40-32(37)26-22-18-15-17-21-25-31(42-34(39)29(4)36)30(41-33(38)28(3)35)24-20-16-12-10-8-6-2/h28-31H,5-27,35-36H2,1-4H3/t28-,29-,30?,31?/m1/s1. The van der Waals surface area contributed by atoms with Gasteiger partial charge < -0.3 is 25.7 Å². The second-order valence-corrected chi connectivity index (χ2v) is 12.1. The molecular formula is C34H66N2O6. The summed E-state index contributed by atoms with van der Waals surface area (Å²) in [5.74, 6) is -1.08. The molecule has 4 N–H and O–H groups in total. The van der Waals surface area contributed by atoms with Crippen molar-refractivity contribution in [3.05, 3.63) is 0 Å². The Morgan fingerprint density at radius 3 is 1.29 bits per heavy atom. The lowest BCUT2D eigenvalue weighted by Crippen LogP contribution is -2.42. The molecule has 0 rings (SSSR count). The normalized spacial score (nSPS) is 14.1. The minimum absolute atomic E-state index is 0.102. The van der Waals surface area contributed by atoms with Gasteiger partial charge in [0.15, 0.2) is 0 Å². The molecule has 0 heterocycles. The highest BCUT2D eigenvalue weighted by molar-refractivity contribution is 5.76. The summed E-state index contributed by atoms with van der Waals surface area (Å²) in [6, 6.07) is -1.49. The zero-order valence-corrected chi connectivity index (χ0v) is 27.7. The van der Waals surface area contributed by atoms with E-state index in [1.54, 1.807) is 13.8 Å². The number of carbonyl (C=O) groups excluding carboxylic acids is 3. The van der Waals surface area contributed by atoms with E-state index in [1.165, 1.54) is 57.8 Å². The van der Waals surface area contributed by atoms with Crippen molar-refractivity contribution < 1.29 is 28.6 Å². The zero-order valence-electron chi connectivity index (χ0n) is 27.7. The summed E-state index contributed by atoms with van der Waals surface area (Å²) in [6.45, 7) is 8.14. The molecule has 0 fully saturated rings. The topological polar surface area (TPSA) is 131 Å². The van der Waals surface area contributed by atoms with E-state index in [0.717, 1.165) is 64.2 Å². The van der Waals surface area contributed by atoms with Gasteiger partial charge in [-0.25, -0.2) is 0 Å². The van der Waals surface area contributed by atoms with E-state index in [9.17, 15) is 14.4 Å². The second kappa shape index (κ2) is 28.1. The fraction of sp³-hybridized carbons (Fsp3) is 0.912. The third kappa shape index (κ3) is 23.8. The maximum atomic E-state index is 12.4. The highest BCUT2D eigenvalue weighted by Gasteiger charge is 2.30. The Morgan fingerprint density at radius 1 is 0.524 bits per heavy atom. The first kappa shape index (κ1) is 40.3.